The topological polar surface area (TPSA) is 60.2 Å². The van der Waals surface area contributed by atoms with Gasteiger partial charge in [-0.2, -0.15) is 0 Å². The van der Waals surface area contributed by atoms with Crippen LogP contribution < -0.4 is 5.73 Å². The van der Waals surface area contributed by atoms with Gasteiger partial charge in [-0.05, 0) is 12.0 Å². The number of carbonyl (C=O) groups is 2. The molecule has 0 aromatic rings. The first-order valence-corrected chi connectivity index (χ1v) is 3.06. The highest BCUT2D eigenvalue weighted by Gasteiger charge is 2.02. The van der Waals surface area contributed by atoms with Crippen LogP contribution in [0.1, 0.15) is 13.8 Å². The summed E-state index contributed by atoms with van der Waals surface area (Å²) in [5.74, 6) is -1.28. The Labute approximate surface area is 59.9 Å². The van der Waals surface area contributed by atoms with E-state index < -0.39 is 11.7 Å². The van der Waals surface area contributed by atoms with Crippen LogP contribution in [-0.2, 0) is 9.59 Å². The van der Waals surface area contributed by atoms with Gasteiger partial charge in [0.2, 0.25) is 5.78 Å². The molecule has 10 heavy (non-hydrogen) atoms. The number of amides is 1. The van der Waals surface area contributed by atoms with Crippen LogP contribution in [0.4, 0.5) is 0 Å². The zero-order valence-electron chi connectivity index (χ0n) is 6.13. The fraction of sp³-hybridized carbons (Fsp3) is 0.429. The van der Waals surface area contributed by atoms with Crippen molar-refractivity contribution in [3.63, 3.8) is 0 Å². The molecule has 2 N–H and O–H groups in total. The van der Waals surface area contributed by atoms with Crippen LogP contribution >= 0.6 is 0 Å². The van der Waals surface area contributed by atoms with Crippen LogP contribution in [0.25, 0.3) is 0 Å². The number of carbonyl (C=O) groups excluding carboxylic acids is 2. The normalized spacial score (nSPS) is 10.7. The Balaban J connectivity index is 3.91. The number of nitrogens with two attached hydrogens (primary N) is 1. The van der Waals surface area contributed by atoms with Gasteiger partial charge >= 0.3 is 0 Å². The maximum Gasteiger partial charge on any atom is 0.289 e. The highest BCUT2D eigenvalue weighted by molar-refractivity contribution is 6.40. The second-order valence-electron chi connectivity index (χ2n) is 2.33. The molecule has 3 nitrogen and oxygen atoms in total. The third kappa shape index (κ3) is 3.83. The fourth-order valence-electron chi connectivity index (χ4n) is 0.362. The number of hydrogen-bond donors (Lipinski definition) is 1. The molecular weight excluding hydrogens is 130 g/mol. The Bertz CT molecular complexity index is 170. The lowest BCUT2D eigenvalue weighted by atomic mass is 10.2. The summed E-state index contributed by atoms with van der Waals surface area (Å²) in [6.07, 6.45) is 2.83. The summed E-state index contributed by atoms with van der Waals surface area (Å²) in [7, 11) is 0. The molecule has 0 aliphatic rings. The highest BCUT2D eigenvalue weighted by Crippen LogP contribution is 1.92. The molecule has 0 saturated carbocycles. The number of rotatable bonds is 3. The van der Waals surface area contributed by atoms with Gasteiger partial charge in [0.05, 0.1) is 0 Å². The molecular formula is C7H11NO2. The molecule has 0 aromatic carbocycles. The quantitative estimate of drug-likeness (QED) is 0.452. The average Bonchev–Trinajstić information content (AvgIpc) is 1.82. The summed E-state index contributed by atoms with van der Waals surface area (Å²) >= 11 is 0. The minimum Gasteiger partial charge on any atom is -0.363 e. The first-order valence-electron chi connectivity index (χ1n) is 3.06. The Morgan fingerprint density at radius 2 is 1.90 bits per heavy atom. The third-order valence-electron chi connectivity index (χ3n) is 0.875. The smallest absolute Gasteiger partial charge is 0.289 e. The lowest BCUT2D eigenvalue weighted by molar-refractivity contribution is -0.133. The third-order valence-corrected chi connectivity index (χ3v) is 0.875. The largest absolute Gasteiger partial charge is 0.363 e. The Morgan fingerprint density at radius 1 is 1.40 bits per heavy atom. The van der Waals surface area contributed by atoms with Crippen LogP contribution in [0.3, 0.4) is 0 Å². The van der Waals surface area contributed by atoms with Crippen molar-refractivity contribution in [2.24, 2.45) is 11.7 Å². The van der Waals surface area contributed by atoms with Crippen molar-refractivity contribution in [1.29, 1.82) is 0 Å². The standard InChI is InChI=1S/C7H11NO2/c1-5(2)3-4-6(9)7(8)10/h3-5H,1-2H3,(H2,8,10). The Kier molecular flexibility index (Phi) is 3.39. The van der Waals surface area contributed by atoms with Crippen molar-refractivity contribution in [2.45, 2.75) is 13.8 Å². The molecule has 0 fully saturated rings. The van der Waals surface area contributed by atoms with E-state index in [1.807, 2.05) is 13.8 Å². The molecule has 0 aliphatic carbocycles. The van der Waals surface area contributed by atoms with E-state index in [1.165, 1.54) is 6.08 Å². The molecule has 0 radical (unpaired) electrons. The van der Waals surface area contributed by atoms with Crippen LogP contribution in [0.5, 0.6) is 0 Å². The monoisotopic (exact) mass is 141 g/mol. The van der Waals surface area contributed by atoms with Gasteiger partial charge in [-0.3, -0.25) is 9.59 Å². The molecule has 0 spiro atoms. The predicted octanol–water partition coefficient (Wildman–Crippen LogP) is 0.253. The maximum absolute atomic E-state index is 10.5. The van der Waals surface area contributed by atoms with Gasteiger partial charge < -0.3 is 5.73 Å². The molecule has 0 atom stereocenters. The molecule has 56 valence electrons. The minimum absolute atomic E-state index is 0.267. The van der Waals surface area contributed by atoms with E-state index in [2.05, 4.69) is 5.73 Å². The van der Waals surface area contributed by atoms with E-state index in [-0.39, 0.29) is 5.92 Å². The van der Waals surface area contributed by atoms with Gasteiger partial charge in [0.15, 0.2) is 0 Å². The van der Waals surface area contributed by atoms with Crippen molar-refractivity contribution in [3.8, 4) is 0 Å². The first kappa shape index (κ1) is 8.88. The van der Waals surface area contributed by atoms with Crippen LogP contribution in [0.2, 0.25) is 0 Å². The van der Waals surface area contributed by atoms with E-state index in [1.54, 1.807) is 6.08 Å². The molecule has 0 aliphatic heterocycles. The van der Waals surface area contributed by atoms with Crippen LogP contribution in [0, 0.1) is 5.92 Å². The molecule has 0 saturated heterocycles. The molecule has 3 heteroatoms. The maximum atomic E-state index is 10.5. The fourth-order valence-corrected chi connectivity index (χ4v) is 0.362. The summed E-state index contributed by atoms with van der Waals surface area (Å²) in [4.78, 5) is 20.6. The second kappa shape index (κ2) is 3.82. The van der Waals surface area contributed by atoms with Gasteiger partial charge in [-0.25, -0.2) is 0 Å². The molecule has 0 aromatic heterocycles. The van der Waals surface area contributed by atoms with Gasteiger partial charge in [-0.1, -0.05) is 19.9 Å². The van der Waals surface area contributed by atoms with E-state index in [9.17, 15) is 9.59 Å². The predicted molar refractivity (Wildman–Crippen MR) is 38.2 cm³/mol. The first-order chi connectivity index (χ1) is 4.54. The van der Waals surface area contributed by atoms with Gasteiger partial charge in [0, 0.05) is 0 Å². The molecule has 0 heterocycles. The summed E-state index contributed by atoms with van der Waals surface area (Å²) in [6.45, 7) is 3.82. The van der Waals surface area contributed by atoms with Crippen molar-refractivity contribution in [2.75, 3.05) is 0 Å². The van der Waals surface area contributed by atoms with Crippen LogP contribution in [-0.4, -0.2) is 11.7 Å². The summed E-state index contributed by atoms with van der Waals surface area (Å²) in [6, 6.07) is 0. The number of primary amides is 1. The van der Waals surface area contributed by atoms with E-state index in [0.717, 1.165) is 0 Å². The number of allylic oxidation sites excluding steroid dienone is 1. The van der Waals surface area contributed by atoms with E-state index >= 15 is 0 Å². The van der Waals surface area contributed by atoms with Crippen LogP contribution in [0.15, 0.2) is 12.2 Å². The molecule has 0 rings (SSSR count). The summed E-state index contributed by atoms with van der Waals surface area (Å²) < 4.78 is 0. The average molecular weight is 141 g/mol. The Morgan fingerprint density at radius 3 is 2.20 bits per heavy atom. The minimum atomic E-state index is -0.906. The number of hydrogen-bond acceptors (Lipinski definition) is 2. The molecule has 0 unspecified atom stereocenters. The van der Waals surface area contributed by atoms with Gasteiger partial charge in [0.25, 0.3) is 5.91 Å². The van der Waals surface area contributed by atoms with Gasteiger partial charge in [-0.15, -0.1) is 0 Å². The van der Waals surface area contributed by atoms with Crippen molar-refractivity contribution in [3.05, 3.63) is 12.2 Å². The number of ketones is 1. The van der Waals surface area contributed by atoms with E-state index in [4.69, 9.17) is 0 Å². The summed E-state index contributed by atoms with van der Waals surface area (Å²) in [5, 5.41) is 0. The SMILES string of the molecule is CC(C)C=CC(=O)C(N)=O. The zero-order valence-corrected chi connectivity index (χ0v) is 6.13. The van der Waals surface area contributed by atoms with Crippen molar-refractivity contribution in [1.82, 2.24) is 0 Å². The summed E-state index contributed by atoms with van der Waals surface area (Å²) in [5.41, 5.74) is 4.68. The molecule has 1 amide bonds. The van der Waals surface area contributed by atoms with E-state index in [0.29, 0.717) is 0 Å². The van der Waals surface area contributed by atoms with Crippen molar-refractivity contribution >= 4 is 11.7 Å². The second-order valence-corrected chi connectivity index (χ2v) is 2.33. The lowest BCUT2D eigenvalue weighted by Gasteiger charge is -1.90. The Hall–Kier alpha value is -1.12. The molecule has 0 bridgehead atoms. The van der Waals surface area contributed by atoms with Gasteiger partial charge in [0.1, 0.15) is 0 Å². The zero-order chi connectivity index (χ0) is 8.15. The highest BCUT2D eigenvalue weighted by atomic mass is 16.2. The van der Waals surface area contributed by atoms with Crippen molar-refractivity contribution < 1.29 is 9.59 Å². The lowest BCUT2D eigenvalue weighted by Crippen LogP contribution is -2.20.